The quantitative estimate of drug-likeness (QED) is 0.227. The molecule has 15 heteroatoms. The lowest BCUT2D eigenvalue weighted by atomic mass is 9.49. The minimum absolute atomic E-state index is 0.0118. The van der Waals surface area contributed by atoms with Crippen LogP contribution in [0.2, 0.25) is 0 Å². The summed E-state index contributed by atoms with van der Waals surface area (Å²) in [6.07, 6.45) is 4.72. The van der Waals surface area contributed by atoms with Gasteiger partial charge >= 0.3 is 0 Å². The van der Waals surface area contributed by atoms with Gasteiger partial charge in [0.1, 0.15) is 12.4 Å². The maximum absolute atomic E-state index is 12.9. The maximum atomic E-state index is 12.9. The Labute approximate surface area is 241 Å². The molecule has 4 rings (SSSR count). The molecule has 12 nitrogen and oxygen atoms in total. The largest absolute Gasteiger partial charge is 0.494 e. The number of nitrogens with zero attached hydrogens (tertiary/aromatic N) is 3. The molecule has 1 aliphatic carbocycles. The van der Waals surface area contributed by atoms with Crippen LogP contribution in [0.4, 0.5) is 17.2 Å². The van der Waals surface area contributed by atoms with E-state index in [0.29, 0.717) is 41.5 Å². The van der Waals surface area contributed by atoms with Gasteiger partial charge in [-0.15, -0.1) is 0 Å². The molecule has 0 saturated heterocycles. The van der Waals surface area contributed by atoms with Gasteiger partial charge in [0, 0.05) is 43.6 Å². The van der Waals surface area contributed by atoms with E-state index in [9.17, 15) is 14.4 Å². The van der Waals surface area contributed by atoms with Gasteiger partial charge in [0.05, 0.1) is 59.8 Å². The Hall–Kier alpha value is -4.26. The van der Waals surface area contributed by atoms with Gasteiger partial charge in [-0.25, -0.2) is 4.98 Å². The van der Waals surface area contributed by atoms with Crippen molar-refractivity contribution in [3.63, 3.8) is 0 Å². The number of pyridine rings is 1. The molecule has 3 amide bonds. The molecule has 2 heterocycles. The van der Waals surface area contributed by atoms with Crippen molar-refractivity contribution in [1.82, 2.24) is 25.4 Å². The molecule has 0 atom stereocenters. The second-order valence-electron chi connectivity index (χ2n) is 9.52. The smallest absolute Gasteiger partial charge is 0.253 e. The number of aromatic nitrogens is 3. The summed E-state index contributed by atoms with van der Waals surface area (Å²) in [7, 11) is 19.7. The van der Waals surface area contributed by atoms with Gasteiger partial charge in [-0.2, -0.15) is 5.10 Å². The Kier molecular flexibility index (Phi) is 9.38. The summed E-state index contributed by atoms with van der Waals surface area (Å²) in [5.41, 5.74) is 2.17. The molecule has 1 aromatic carbocycles. The highest BCUT2D eigenvalue weighted by atomic mass is 16.5. The first-order chi connectivity index (χ1) is 19.6. The van der Waals surface area contributed by atoms with Crippen molar-refractivity contribution in [2.45, 2.75) is 24.6 Å². The van der Waals surface area contributed by atoms with Gasteiger partial charge in [-0.05, 0) is 31.0 Å². The summed E-state index contributed by atoms with van der Waals surface area (Å²) in [5, 5.41) is 13.7. The molecule has 0 unspecified atom stereocenters. The zero-order chi connectivity index (χ0) is 29.6. The normalized spacial score (nSPS) is 12.8. The first-order valence-corrected chi connectivity index (χ1v) is 12.8. The summed E-state index contributed by atoms with van der Waals surface area (Å²) in [4.78, 5) is 41.1. The van der Waals surface area contributed by atoms with E-state index in [1.807, 2.05) is 12.1 Å². The topological polar surface area (TPSA) is 148 Å². The fourth-order valence-electron chi connectivity index (χ4n) is 3.97. The molecule has 0 bridgehead atoms. The van der Waals surface area contributed by atoms with Crippen molar-refractivity contribution < 1.29 is 23.9 Å². The minimum atomic E-state index is -1.96. The van der Waals surface area contributed by atoms with Crippen molar-refractivity contribution in [3.05, 3.63) is 48.3 Å². The summed E-state index contributed by atoms with van der Waals surface area (Å²) >= 11 is 0. The number of benzene rings is 1. The monoisotopic (exact) mass is 551 g/mol. The SMILES string of the molecule is [B]C([B])([B])NC(=O)c1cnc(NC(=O)C2CC2)cc1Nc1cccc(-c2ccn(CCNC(=O)COC)n2)c1OC. The third-order valence-corrected chi connectivity index (χ3v) is 6.02. The van der Waals surface area contributed by atoms with Crippen LogP contribution in [0, 0.1) is 5.92 Å². The number of carbonyl (C=O) groups is 3. The van der Waals surface area contributed by atoms with E-state index in [4.69, 9.17) is 33.0 Å². The Bertz CT molecular complexity index is 1420. The van der Waals surface area contributed by atoms with E-state index >= 15 is 0 Å². The molecule has 6 radical (unpaired) electrons. The van der Waals surface area contributed by atoms with E-state index in [-0.39, 0.29) is 35.7 Å². The third kappa shape index (κ3) is 8.13. The van der Waals surface area contributed by atoms with Gasteiger partial charge < -0.3 is 30.7 Å². The number of hydrogen-bond acceptors (Lipinski definition) is 8. The van der Waals surface area contributed by atoms with Crippen LogP contribution in [0.1, 0.15) is 23.2 Å². The summed E-state index contributed by atoms with van der Waals surface area (Å²) < 4.78 is 12.2. The van der Waals surface area contributed by atoms with Gasteiger partial charge in [0.25, 0.3) is 5.91 Å². The second-order valence-corrected chi connectivity index (χ2v) is 9.52. The Morgan fingerprint density at radius 3 is 2.59 bits per heavy atom. The predicted octanol–water partition coefficient (Wildman–Crippen LogP) is 0.655. The third-order valence-electron chi connectivity index (χ3n) is 6.02. The number of amides is 3. The van der Waals surface area contributed by atoms with Crippen LogP contribution in [0.25, 0.3) is 11.3 Å². The lowest BCUT2D eigenvalue weighted by Crippen LogP contribution is -2.50. The molecule has 206 valence electrons. The maximum Gasteiger partial charge on any atom is 0.253 e. The molecule has 0 spiro atoms. The first kappa shape index (κ1) is 29.7. The van der Waals surface area contributed by atoms with Crippen molar-refractivity contribution in [3.8, 4) is 17.0 Å². The molecule has 1 saturated carbocycles. The van der Waals surface area contributed by atoms with Crippen LogP contribution in [-0.4, -0.2) is 88.6 Å². The van der Waals surface area contributed by atoms with Crippen LogP contribution in [0.3, 0.4) is 0 Å². The number of methoxy groups -OCH3 is 2. The lowest BCUT2D eigenvalue weighted by Gasteiger charge is -2.23. The molecule has 4 N–H and O–H groups in total. The van der Waals surface area contributed by atoms with Crippen molar-refractivity contribution in [2.24, 2.45) is 5.92 Å². The molecule has 0 aliphatic heterocycles. The van der Waals surface area contributed by atoms with E-state index < -0.39 is 11.1 Å². The summed E-state index contributed by atoms with van der Waals surface area (Å²) in [5.74, 6) is -0.370. The molecule has 3 aromatic rings. The van der Waals surface area contributed by atoms with Crippen molar-refractivity contribution >= 4 is 58.5 Å². The highest BCUT2D eigenvalue weighted by Gasteiger charge is 2.30. The number of anilines is 3. The number of hydrogen-bond donors (Lipinski definition) is 4. The molecular formula is C26H28B3N7O5. The average molecular weight is 551 g/mol. The summed E-state index contributed by atoms with van der Waals surface area (Å²) in [6, 6.07) is 8.74. The van der Waals surface area contributed by atoms with Gasteiger partial charge in [0.2, 0.25) is 11.8 Å². The summed E-state index contributed by atoms with van der Waals surface area (Å²) in [6.45, 7) is 0.817. The minimum Gasteiger partial charge on any atom is -0.494 e. The fraction of sp³-hybridized carbons (Fsp3) is 0.346. The molecule has 2 aromatic heterocycles. The van der Waals surface area contributed by atoms with Crippen LogP contribution in [-0.2, 0) is 20.9 Å². The molecule has 1 aliphatic rings. The highest BCUT2D eigenvalue weighted by molar-refractivity contribution is 6.60. The zero-order valence-corrected chi connectivity index (χ0v) is 22.8. The van der Waals surface area contributed by atoms with Crippen LogP contribution >= 0.6 is 0 Å². The fourth-order valence-corrected chi connectivity index (χ4v) is 3.97. The molecule has 41 heavy (non-hydrogen) atoms. The average Bonchev–Trinajstić information content (AvgIpc) is 3.66. The van der Waals surface area contributed by atoms with E-state index in [1.165, 1.54) is 26.5 Å². The predicted molar refractivity (Wildman–Crippen MR) is 155 cm³/mol. The van der Waals surface area contributed by atoms with Crippen LogP contribution in [0.15, 0.2) is 42.7 Å². The van der Waals surface area contributed by atoms with Crippen LogP contribution in [0.5, 0.6) is 5.75 Å². The molecular weight excluding hydrogens is 523 g/mol. The van der Waals surface area contributed by atoms with E-state index in [1.54, 1.807) is 23.0 Å². The van der Waals surface area contributed by atoms with Gasteiger partial charge in [-0.3, -0.25) is 19.1 Å². The standard InChI is InChI=1S/C26H28B3N7O5/c1-40-14-22(37)30-9-11-36-10-8-18(35-36)16-4-3-5-19(23(16)41-2)32-20-12-21(33-24(38)15-6-7-15)31-13-17(20)25(39)34-26(27,28)29/h3-5,8,10,12-13,15H,6-7,9,11,14H2,1-2H3,(H,30,37)(H,34,39)(H2,31,32,33,38). The highest BCUT2D eigenvalue weighted by Crippen LogP contribution is 2.38. The number of ether oxygens (including phenoxy) is 2. The van der Waals surface area contributed by atoms with Gasteiger partial charge in [-0.1, -0.05) is 11.3 Å². The second kappa shape index (κ2) is 12.9. The van der Waals surface area contributed by atoms with E-state index in [2.05, 4.69) is 31.3 Å². The Morgan fingerprint density at radius 1 is 1.12 bits per heavy atom. The Morgan fingerprint density at radius 2 is 1.90 bits per heavy atom. The van der Waals surface area contributed by atoms with Crippen LogP contribution < -0.4 is 26.0 Å². The number of carbonyl (C=O) groups excluding carboxylic acids is 3. The number of nitrogens with one attached hydrogen (secondary N) is 4. The first-order valence-electron chi connectivity index (χ1n) is 12.8. The Balaban J connectivity index is 1.60. The molecule has 1 fully saturated rings. The lowest BCUT2D eigenvalue weighted by molar-refractivity contribution is -0.124. The van der Waals surface area contributed by atoms with Crippen molar-refractivity contribution in [1.29, 1.82) is 0 Å². The number of para-hydroxylation sites is 1. The zero-order valence-electron chi connectivity index (χ0n) is 22.8. The number of rotatable bonds is 13. The van der Waals surface area contributed by atoms with Gasteiger partial charge in [0.15, 0.2) is 5.75 Å². The van der Waals surface area contributed by atoms with E-state index in [0.717, 1.165) is 12.8 Å². The van der Waals surface area contributed by atoms with Crippen molar-refractivity contribution in [2.75, 3.05) is 38.0 Å².